The smallest absolute Gasteiger partial charge is 0.308 e. The second kappa shape index (κ2) is 6.21. The number of rotatable bonds is 5. The lowest BCUT2D eigenvalue weighted by molar-refractivity contribution is -0.136. The normalized spacial score (nSPS) is 10.4. The van der Waals surface area contributed by atoms with Crippen molar-refractivity contribution in [2.24, 2.45) is 7.05 Å². The molecule has 0 saturated carbocycles. The molecule has 1 aromatic heterocycles. The van der Waals surface area contributed by atoms with E-state index in [4.69, 9.17) is 9.84 Å². The molecule has 110 valence electrons. The molecule has 6 nitrogen and oxygen atoms in total. The Bertz CT molecular complexity index is 722. The van der Waals surface area contributed by atoms with Gasteiger partial charge in [0.1, 0.15) is 5.75 Å². The van der Waals surface area contributed by atoms with Crippen LogP contribution in [0, 0.1) is 0 Å². The van der Waals surface area contributed by atoms with Gasteiger partial charge < -0.3 is 9.84 Å². The molecule has 1 heterocycles. The van der Waals surface area contributed by atoms with Crippen molar-refractivity contribution in [3.63, 3.8) is 0 Å². The highest BCUT2D eigenvalue weighted by molar-refractivity contribution is 5.72. The zero-order valence-electron chi connectivity index (χ0n) is 11.9. The molecule has 0 radical (unpaired) electrons. The number of aromatic nitrogens is 2. The fourth-order valence-corrected chi connectivity index (χ4v) is 2.05. The maximum Gasteiger partial charge on any atom is 0.308 e. The molecule has 0 aliphatic heterocycles. The van der Waals surface area contributed by atoms with Crippen LogP contribution >= 0.6 is 0 Å². The summed E-state index contributed by atoms with van der Waals surface area (Å²) in [5, 5.41) is 13.1. The molecular formula is C15H16N2O4. The number of ether oxygens (including phenoxy) is 1. The SMILES string of the molecule is CCOc1ccccc1-c1cc(CC(=O)O)c(=O)n(C)n1. The van der Waals surface area contributed by atoms with Gasteiger partial charge in [0.05, 0.1) is 18.7 Å². The first-order valence-corrected chi connectivity index (χ1v) is 6.54. The number of carboxylic acids is 1. The van der Waals surface area contributed by atoms with Gasteiger partial charge in [-0.2, -0.15) is 5.10 Å². The number of para-hydroxylation sites is 1. The van der Waals surface area contributed by atoms with E-state index >= 15 is 0 Å². The number of hydrogen-bond donors (Lipinski definition) is 1. The maximum atomic E-state index is 11.9. The van der Waals surface area contributed by atoms with Crippen molar-refractivity contribution in [2.45, 2.75) is 13.3 Å². The van der Waals surface area contributed by atoms with Crippen molar-refractivity contribution >= 4 is 5.97 Å². The molecule has 0 fully saturated rings. The summed E-state index contributed by atoms with van der Waals surface area (Å²) in [6, 6.07) is 8.81. The Morgan fingerprint density at radius 3 is 2.76 bits per heavy atom. The standard InChI is InChI=1S/C15H16N2O4/c1-3-21-13-7-5-4-6-11(13)12-8-10(9-14(18)19)15(20)17(2)16-12/h4-8H,3,9H2,1-2H3,(H,18,19). The molecule has 0 aliphatic carbocycles. The van der Waals surface area contributed by atoms with E-state index in [9.17, 15) is 9.59 Å². The highest BCUT2D eigenvalue weighted by atomic mass is 16.5. The number of aliphatic carboxylic acids is 1. The fourth-order valence-electron chi connectivity index (χ4n) is 2.05. The van der Waals surface area contributed by atoms with Crippen molar-refractivity contribution in [3.8, 4) is 17.0 Å². The molecule has 1 N–H and O–H groups in total. The molecule has 0 aliphatic rings. The van der Waals surface area contributed by atoms with Crippen molar-refractivity contribution in [3.05, 3.63) is 46.2 Å². The Balaban J connectivity index is 2.57. The molecule has 2 aromatic rings. The van der Waals surface area contributed by atoms with E-state index in [1.54, 1.807) is 0 Å². The lowest BCUT2D eigenvalue weighted by atomic mass is 10.1. The molecule has 2 rings (SSSR count). The zero-order valence-corrected chi connectivity index (χ0v) is 11.9. The minimum Gasteiger partial charge on any atom is -0.493 e. The average molecular weight is 288 g/mol. The topological polar surface area (TPSA) is 81.4 Å². The first kappa shape index (κ1) is 14.8. The van der Waals surface area contributed by atoms with E-state index in [0.717, 1.165) is 10.2 Å². The summed E-state index contributed by atoms with van der Waals surface area (Å²) in [5.41, 5.74) is 1.02. The van der Waals surface area contributed by atoms with Crippen LogP contribution < -0.4 is 10.3 Å². The summed E-state index contributed by atoms with van der Waals surface area (Å²) in [4.78, 5) is 22.8. The van der Waals surface area contributed by atoms with E-state index in [1.807, 2.05) is 31.2 Å². The van der Waals surface area contributed by atoms with Gasteiger partial charge in [0.25, 0.3) is 5.56 Å². The largest absolute Gasteiger partial charge is 0.493 e. The lowest BCUT2D eigenvalue weighted by Crippen LogP contribution is -2.25. The van der Waals surface area contributed by atoms with Crippen LogP contribution in [0.4, 0.5) is 0 Å². The Morgan fingerprint density at radius 2 is 2.10 bits per heavy atom. The number of benzene rings is 1. The molecule has 6 heteroatoms. The summed E-state index contributed by atoms with van der Waals surface area (Å²) in [6.45, 7) is 2.38. The Morgan fingerprint density at radius 1 is 1.38 bits per heavy atom. The average Bonchev–Trinajstić information content (AvgIpc) is 2.44. The lowest BCUT2D eigenvalue weighted by Gasteiger charge is -2.11. The number of carboxylic acid groups (broad SMARTS) is 1. The van der Waals surface area contributed by atoms with Gasteiger partial charge in [0.2, 0.25) is 0 Å². The first-order valence-electron chi connectivity index (χ1n) is 6.54. The van der Waals surface area contributed by atoms with Crippen molar-refractivity contribution < 1.29 is 14.6 Å². The van der Waals surface area contributed by atoms with Gasteiger partial charge in [-0.15, -0.1) is 0 Å². The quantitative estimate of drug-likeness (QED) is 0.901. The second-order valence-corrected chi connectivity index (χ2v) is 4.48. The van der Waals surface area contributed by atoms with E-state index in [-0.39, 0.29) is 12.0 Å². The number of carbonyl (C=O) groups is 1. The van der Waals surface area contributed by atoms with Crippen LogP contribution in [0.5, 0.6) is 5.75 Å². The summed E-state index contributed by atoms with van der Waals surface area (Å²) < 4.78 is 6.69. The Labute approximate surface area is 121 Å². The van der Waals surface area contributed by atoms with Crippen LogP contribution in [-0.2, 0) is 18.3 Å². The van der Waals surface area contributed by atoms with Crippen molar-refractivity contribution in [2.75, 3.05) is 6.61 Å². The van der Waals surface area contributed by atoms with E-state index < -0.39 is 11.5 Å². The summed E-state index contributed by atoms with van der Waals surface area (Å²) in [5.74, 6) is -0.408. The molecular weight excluding hydrogens is 272 g/mol. The summed E-state index contributed by atoms with van der Waals surface area (Å²) >= 11 is 0. The predicted octanol–water partition coefficient (Wildman–Crippen LogP) is 1.47. The number of hydrogen-bond acceptors (Lipinski definition) is 4. The minimum atomic E-state index is -1.05. The van der Waals surface area contributed by atoms with Crippen molar-refractivity contribution in [1.29, 1.82) is 0 Å². The van der Waals surface area contributed by atoms with Crippen LogP contribution in [0.3, 0.4) is 0 Å². The van der Waals surface area contributed by atoms with Crippen LogP contribution in [0.25, 0.3) is 11.3 Å². The third kappa shape index (κ3) is 3.28. The monoisotopic (exact) mass is 288 g/mol. The molecule has 0 saturated heterocycles. The van der Waals surface area contributed by atoms with Gasteiger partial charge in [-0.05, 0) is 25.1 Å². The van der Waals surface area contributed by atoms with Gasteiger partial charge in [-0.25, -0.2) is 4.68 Å². The van der Waals surface area contributed by atoms with Gasteiger partial charge >= 0.3 is 5.97 Å². The molecule has 0 bridgehead atoms. The molecule has 0 unspecified atom stereocenters. The van der Waals surface area contributed by atoms with Crippen LogP contribution in [0.1, 0.15) is 12.5 Å². The van der Waals surface area contributed by atoms with E-state index in [0.29, 0.717) is 18.1 Å². The van der Waals surface area contributed by atoms with Crippen LogP contribution in [0.2, 0.25) is 0 Å². The third-order valence-corrected chi connectivity index (χ3v) is 2.94. The Hall–Kier alpha value is -2.63. The van der Waals surface area contributed by atoms with Gasteiger partial charge in [0, 0.05) is 18.2 Å². The molecule has 0 spiro atoms. The van der Waals surface area contributed by atoms with Gasteiger partial charge in [-0.1, -0.05) is 12.1 Å². The maximum absolute atomic E-state index is 11.9. The zero-order chi connectivity index (χ0) is 15.4. The highest BCUT2D eigenvalue weighted by Crippen LogP contribution is 2.28. The third-order valence-electron chi connectivity index (χ3n) is 2.94. The van der Waals surface area contributed by atoms with Crippen LogP contribution in [-0.4, -0.2) is 27.5 Å². The minimum absolute atomic E-state index is 0.196. The van der Waals surface area contributed by atoms with Crippen LogP contribution in [0.15, 0.2) is 35.1 Å². The Kier molecular flexibility index (Phi) is 4.37. The molecule has 21 heavy (non-hydrogen) atoms. The summed E-state index contributed by atoms with van der Waals surface area (Å²) in [7, 11) is 1.50. The molecule has 0 amide bonds. The number of aryl methyl sites for hydroxylation is 1. The van der Waals surface area contributed by atoms with E-state index in [2.05, 4.69) is 5.10 Å². The first-order chi connectivity index (χ1) is 10.0. The molecule has 0 atom stereocenters. The van der Waals surface area contributed by atoms with Gasteiger partial charge in [0.15, 0.2) is 0 Å². The van der Waals surface area contributed by atoms with E-state index in [1.165, 1.54) is 13.1 Å². The summed E-state index contributed by atoms with van der Waals surface area (Å²) in [6.07, 6.45) is -0.334. The van der Waals surface area contributed by atoms with Crippen molar-refractivity contribution in [1.82, 2.24) is 9.78 Å². The number of nitrogens with zero attached hydrogens (tertiary/aromatic N) is 2. The fraction of sp³-hybridized carbons (Fsp3) is 0.267. The van der Waals surface area contributed by atoms with Gasteiger partial charge in [-0.3, -0.25) is 9.59 Å². The predicted molar refractivity (Wildman–Crippen MR) is 77.4 cm³/mol. The molecule has 1 aromatic carbocycles. The highest BCUT2D eigenvalue weighted by Gasteiger charge is 2.13. The second-order valence-electron chi connectivity index (χ2n) is 4.48.